The SMILES string of the molecule is CCCCCCCCCCCCCCCC(=O)COc1ccccc1. The first-order valence-electron chi connectivity index (χ1n) is 10.5. The summed E-state index contributed by atoms with van der Waals surface area (Å²) < 4.78 is 5.48. The first-order valence-corrected chi connectivity index (χ1v) is 10.5. The molecule has 0 bridgehead atoms. The van der Waals surface area contributed by atoms with E-state index in [1.54, 1.807) is 0 Å². The minimum absolute atomic E-state index is 0.211. The molecule has 0 atom stereocenters. The molecule has 0 saturated heterocycles. The molecule has 0 aliphatic rings. The Bertz CT molecular complexity index is 413. The van der Waals surface area contributed by atoms with Crippen molar-refractivity contribution in [2.24, 2.45) is 0 Å². The molecule has 0 aliphatic carbocycles. The Labute approximate surface area is 155 Å². The lowest BCUT2D eigenvalue weighted by Crippen LogP contribution is -2.10. The first-order chi connectivity index (χ1) is 12.3. The quantitative estimate of drug-likeness (QED) is 0.281. The number of hydrogen-bond acceptors (Lipinski definition) is 2. The second kappa shape index (κ2) is 16.2. The predicted molar refractivity (Wildman–Crippen MR) is 107 cm³/mol. The van der Waals surface area contributed by atoms with Crippen LogP contribution in [0.1, 0.15) is 96.8 Å². The molecule has 0 aliphatic heterocycles. The molecule has 0 aromatic heterocycles. The molecule has 0 heterocycles. The topological polar surface area (TPSA) is 26.3 Å². The maximum atomic E-state index is 11.8. The van der Waals surface area contributed by atoms with Gasteiger partial charge in [0.05, 0.1) is 0 Å². The Balaban J connectivity index is 1.80. The van der Waals surface area contributed by atoms with Crippen molar-refractivity contribution < 1.29 is 9.53 Å². The van der Waals surface area contributed by atoms with E-state index in [0.717, 1.165) is 12.2 Å². The van der Waals surface area contributed by atoms with Gasteiger partial charge in [-0.1, -0.05) is 102 Å². The number of unbranched alkanes of at least 4 members (excludes halogenated alkanes) is 12. The van der Waals surface area contributed by atoms with Crippen LogP contribution in [0.5, 0.6) is 5.75 Å². The third-order valence-corrected chi connectivity index (χ3v) is 4.70. The van der Waals surface area contributed by atoms with E-state index in [1.165, 1.54) is 77.0 Å². The highest BCUT2D eigenvalue weighted by Crippen LogP contribution is 2.13. The van der Waals surface area contributed by atoms with Gasteiger partial charge in [0.25, 0.3) is 0 Å². The van der Waals surface area contributed by atoms with Crippen LogP contribution in [-0.2, 0) is 4.79 Å². The van der Waals surface area contributed by atoms with Crippen molar-refractivity contribution in [1.82, 2.24) is 0 Å². The van der Waals surface area contributed by atoms with Gasteiger partial charge in [0.15, 0.2) is 5.78 Å². The molecule has 2 nitrogen and oxygen atoms in total. The van der Waals surface area contributed by atoms with Crippen LogP contribution in [-0.4, -0.2) is 12.4 Å². The minimum Gasteiger partial charge on any atom is -0.486 e. The zero-order valence-electron chi connectivity index (χ0n) is 16.3. The number of rotatable bonds is 17. The molecule has 2 heteroatoms. The number of para-hydroxylation sites is 1. The fraction of sp³-hybridized carbons (Fsp3) is 0.696. The van der Waals surface area contributed by atoms with Gasteiger partial charge in [-0.15, -0.1) is 0 Å². The third kappa shape index (κ3) is 13.6. The van der Waals surface area contributed by atoms with Crippen molar-refractivity contribution in [3.8, 4) is 5.75 Å². The van der Waals surface area contributed by atoms with Crippen molar-refractivity contribution in [2.75, 3.05) is 6.61 Å². The summed E-state index contributed by atoms with van der Waals surface area (Å²) in [6.45, 7) is 2.48. The Kier molecular flexibility index (Phi) is 14.1. The molecule has 0 radical (unpaired) electrons. The summed E-state index contributed by atoms with van der Waals surface area (Å²) in [4.78, 5) is 11.8. The van der Waals surface area contributed by atoms with E-state index >= 15 is 0 Å². The molecule has 1 aromatic rings. The standard InChI is InChI=1S/C23H38O2/c1-2-3-4-5-6-7-8-9-10-11-12-13-15-18-22(24)21-25-23-19-16-14-17-20-23/h14,16-17,19-20H,2-13,15,18,21H2,1H3. The molecule has 0 N–H and O–H groups in total. The molecule has 25 heavy (non-hydrogen) atoms. The molecule has 0 spiro atoms. The zero-order chi connectivity index (χ0) is 18.0. The van der Waals surface area contributed by atoms with Crippen molar-refractivity contribution in [3.05, 3.63) is 30.3 Å². The largest absolute Gasteiger partial charge is 0.486 e. The third-order valence-electron chi connectivity index (χ3n) is 4.70. The summed E-state index contributed by atoms with van der Waals surface area (Å²) in [5.74, 6) is 0.994. The number of hydrogen-bond donors (Lipinski definition) is 0. The van der Waals surface area contributed by atoms with Gasteiger partial charge >= 0.3 is 0 Å². The van der Waals surface area contributed by atoms with Crippen LogP contribution in [0.4, 0.5) is 0 Å². The van der Waals surface area contributed by atoms with Gasteiger partial charge in [0.2, 0.25) is 0 Å². The number of carbonyl (C=O) groups is 1. The number of benzene rings is 1. The van der Waals surface area contributed by atoms with Gasteiger partial charge in [-0.2, -0.15) is 0 Å². The average molecular weight is 347 g/mol. The van der Waals surface area contributed by atoms with Gasteiger partial charge in [0.1, 0.15) is 12.4 Å². The molecular weight excluding hydrogens is 308 g/mol. The van der Waals surface area contributed by atoms with Crippen LogP contribution >= 0.6 is 0 Å². The maximum absolute atomic E-state index is 11.8. The van der Waals surface area contributed by atoms with E-state index in [2.05, 4.69) is 6.92 Å². The second-order valence-corrected chi connectivity index (χ2v) is 7.13. The van der Waals surface area contributed by atoms with Crippen LogP contribution in [0.25, 0.3) is 0 Å². The summed E-state index contributed by atoms with van der Waals surface area (Å²) in [5.41, 5.74) is 0. The van der Waals surface area contributed by atoms with Crippen molar-refractivity contribution in [3.63, 3.8) is 0 Å². The lowest BCUT2D eigenvalue weighted by Gasteiger charge is -2.05. The summed E-state index contributed by atoms with van der Waals surface area (Å²) in [7, 11) is 0. The van der Waals surface area contributed by atoms with E-state index in [1.807, 2.05) is 30.3 Å². The van der Waals surface area contributed by atoms with Crippen LogP contribution in [0.15, 0.2) is 30.3 Å². The molecule has 0 fully saturated rings. The monoisotopic (exact) mass is 346 g/mol. The Hall–Kier alpha value is -1.31. The lowest BCUT2D eigenvalue weighted by atomic mass is 10.0. The normalized spacial score (nSPS) is 10.8. The molecule has 1 rings (SSSR count). The smallest absolute Gasteiger partial charge is 0.170 e. The highest BCUT2D eigenvalue weighted by molar-refractivity contribution is 5.79. The Morgan fingerprint density at radius 1 is 0.720 bits per heavy atom. The van der Waals surface area contributed by atoms with Crippen LogP contribution in [0, 0.1) is 0 Å². The first kappa shape index (κ1) is 21.7. The van der Waals surface area contributed by atoms with Crippen LogP contribution < -0.4 is 4.74 Å². The lowest BCUT2D eigenvalue weighted by molar-refractivity contribution is -0.121. The van der Waals surface area contributed by atoms with E-state index < -0.39 is 0 Å². The van der Waals surface area contributed by atoms with E-state index in [0.29, 0.717) is 6.42 Å². The summed E-state index contributed by atoms with van der Waals surface area (Å²) in [6.07, 6.45) is 18.0. The fourth-order valence-electron chi connectivity index (χ4n) is 3.09. The molecule has 0 amide bonds. The summed E-state index contributed by atoms with van der Waals surface area (Å²) >= 11 is 0. The molecular formula is C23H38O2. The minimum atomic E-state index is 0.211. The summed E-state index contributed by atoms with van der Waals surface area (Å²) in [6, 6.07) is 9.57. The molecule has 1 aromatic carbocycles. The fourth-order valence-corrected chi connectivity index (χ4v) is 3.09. The second-order valence-electron chi connectivity index (χ2n) is 7.13. The predicted octanol–water partition coefficient (Wildman–Crippen LogP) is 7.12. The van der Waals surface area contributed by atoms with E-state index in [4.69, 9.17) is 4.74 Å². The van der Waals surface area contributed by atoms with Crippen LogP contribution in [0.2, 0.25) is 0 Å². The highest BCUT2D eigenvalue weighted by atomic mass is 16.5. The van der Waals surface area contributed by atoms with E-state index in [-0.39, 0.29) is 12.4 Å². The number of ether oxygens (including phenoxy) is 1. The van der Waals surface area contributed by atoms with Crippen molar-refractivity contribution in [1.29, 1.82) is 0 Å². The molecule has 0 unspecified atom stereocenters. The highest BCUT2D eigenvalue weighted by Gasteiger charge is 2.03. The van der Waals surface area contributed by atoms with Gasteiger partial charge in [-0.3, -0.25) is 4.79 Å². The Morgan fingerprint density at radius 2 is 1.20 bits per heavy atom. The number of Topliss-reactive ketones (excluding diaryl/α,β-unsaturated/α-hetero) is 1. The molecule has 142 valence electrons. The van der Waals surface area contributed by atoms with E-state index in [9.17, 15) is 4.79 Å². The zero-order valence-corrected chi connectivity index (χ0v) is 16.3. The number of carbonyl (C=O) groups excluding carboxylic acids is 1. The van der Waals surface area contributed by atoms with Crippen molar-refractivity contribution >= 4 is 5.78 Å². The Morgan fingerprint density at radius 3 is 1.72 bits per heavy atom. The van der Waals surface area contributed by atoms with Gasteiger partial charge < -0.3 is 4.74 Å². The molecule has 0 saturated carbocycles. The number of ketones is 1. The van der Waals surface area contributed by atoms with Crippen LogP contribution in [0.3, 0.4) is 0 Å². The van der Waals surface area contributed by atoms with Crippen molar-refractivity contribution in [2.45, 2.75) is 96.8 Å². The van der Waals surface area contributed by atoms with Gasteiger partial charge in [-0.05, 0) is 18.6 Å². The maximum Gasteiger partial charge on any atom is 0.170 e. The summed E-state index contributed by atoms with van der Waals surface area (Å²) in [5, 5.41) is 0. The average Bonchev–Trinajstić information content (AvgIpc) is 2.64. The van der Waals surface area contributed by atoms with Gasteiger partial charge in [0, 0.05) is 6.42 Å². The van der Waals surface area contributed by atoms with Gasteiger partial charge in [-0.25, -0.2) is 0 Å².